The molecule has 0 heterocycles. The molecule has 7 heteroatoms. The molecule has 1 N–H and O–H groups in total. The van der Waals surface area contributed by atoms with Crippen LogP contribution in [0, 0.1) is 19.3 Å². The number of halogens is 3. The molecular formula is C25H20BF3NO2-. The third-order valence-corrected chi connectivity index (χ3v) is 5.80. The van der Waals surface area contributed by atoms with E-state index in [-0.39, 0.29) is 35.8 Å². The van der Waals surface area contributed by atoms with Crippen LogP contribution in [0.15, 0.2) is 60.7 Å². The second-order valence-corrected chi connectivity index (χ2v) is 7.76. The van der Waals surface area contributed by atoms with Crippen molar-refractivity contribution in [1.82, 2.24) is 5.32 Å². The molecule has 0 aromatic heterocycles. The summed E-state index contributed by atoms with van der Waals surface area (Å²) >= 11 is 0. The first-order valence-electron chi connectivity index (χ1n) is 10.2. The van der Waals surface area contributed by atoms with Crippen LogP contribution in [0.2, 0.25) is 0 Å². The molecule has 0 bridgehead atoms. The van der Waals surface area contributed by atoms with Crippen LogP contribution in [0.1, 0.15) is 33.7 Å². The number of hydrogen-bond donors (Lipinski definition) is 1. The highest BCUT2D eigenvalue weighted by atomic mass is 19.4. The zero-order valence-electron chi connectivity index (χ0n) is 17.4. The molecule has 1 amide bonds. The lowest BCUT2D eigenvalue weighted by Gasteiger charge is -2.21. The van der Waals surface area contributed by atoms with Gasteiger partial charge in [-0.15, -0.1) is 11.9 Å². The first kappa shape index (κ1) is 21.6. The number of benzene rings is 3. The maximum atomic E-state index is 13.4. The third-order valence-electron chi connectivity index (χ3n) is 5.80. The highest BCUT2D eigenvalue weighted by Crippen LogP contribution is 2.44. The van der Waals surface area contributed by atoms with E-state index in [4.69, 9.17) is 11.2 Å². The van der Waals surface area contributed by atoms with Gasteiger partial charge in [0.2, 0.25) is 0 Å². The summed E-state index contributed by atoms with van der Waals surface area (Å²) in [5.74, 6) is 2.19. The van der Waals surface area contributed by atoms with Gasteiger partial charge in [0, 0.05) is 18.0 Å². The quantitative estimate of drug-likeness (QED) is 0.450. The van der Waals surface area contributed by atoms with E-state index in [0.717, 1.165) is 28.3 Å². The number of carbonyl (C=O) groups excluding carboxylic acids is 1. The Bertz CT molecular complexity index is 1190. The van der Waals surface area contributed by atoms with E-state index >= 15 is 0 Å². The molecule has 3 nitrogen and oxygen atoms in total. The summed E-state index contributed by atoms with van der Waals surface area (Å²) < 4.78 is 45.5. The van der Waals surface area contributed by atoms with E-state index in [1.165, 1.54) is 13.0 Å². The number of rotatable bonds is 5. The number of terminal acetylenes is 1. The highest BCUT2D eigenvalue weighted by Gasteiger charge is 2.30. The van der Waals surface area contributed by atoms with Gasteiger partial charge in [-0.3, -0.25) is 0 Å². The van der Waals surface area contributed by atoms with Crippen molar-refractivity contribution >= 4 is 18.5 Å². The van der Waals surface area contributed by atoms with Gasteiger partial charge in [-0.1, -0.05) is 66.1 Å². The standard InChI is InChI=1S/C25H20BF3NO2/c1-3-18-12-17(13-24(16(18)2)26(27,28)29)14-30-25(31)32-15-23-21-10-6-4-8-19(21)20-9-5-7-11-22(20)23/h1,4-13,23H,14-15H2,2H3,(H,30,31)/q-1. The van der Waals surface area contributed by atoms with Gasteiger partial charge in [-0.25, -0.2) is 4.79 Å². The van der Waals surface area contributed by atoms with Crippen molar-refractivity contribution in [2.45, 2.75) is 19.4 Å². The van der Waals surface area contributed by atoms with Crippen molar-refractivity contribution in [1.29, 1.82) is 0 Å². The molecular weight excluding hydrogens is 414 g/mol. The van der Waals surface area contributed by atoms with Gasteiger partial charge in [-0.05, 0) is 40.8 Å². The van der Waals surface area contributed by atoms with Crippen LogP contribution in [0.4, 0.5) is 17.7 Å². The van der Waals surface area contributed by atoms with Crippen LogP contribution in [-0.4, -0.2) is 19.7 Å². The van der Waals surface area contributed by atoms with Crippen molar-refractivity contribution < 1.29 is 22.5 Å². The number of hydrogen-bond acceptors (Lipinski definition) is 2. The number of amides is 1. The zero-order chi connectivity index (χ0) is 22.9. The fraction of sp³-hybridized carbons (Fsp3) is 0.160. The smallest absolute Gasteiger partial charge is 0.449 e. The molecule has 0 spiro atoms. The lowest BCUT2D eigenvalue weighted by atomic mass is 9.75. The first-order chi connectivity index (χ1) is 15.3. The molecule has 0 unspecified atom stereocenters. The minimum Gasteiger partial charge on any atom is -0.449 e. The molecule has 0 saturated heterocycles. The van der Waals surface area contributed by atoms with E-state index in [0.29, 0.717) is 0 Å². The van der Waals surface area contributed by atoms with Gasteiger partial charge in [-0.2, -0.15) is 0 Å². The Hall–Kier alpha value is -3.66. The second-order valence-electron chi connectivity index (χ2n) is 7.76. The maximum Gasteiger partial charge on any atom is 0.509 e. The first-order valence-corrected chi connectivity index (χ1v) is 10.2. The molecule has 3 aromatic rings. The molecule has 0 aliphatic heterocycles. The summed E-state index contributed by atoms with van der Waals surface area (Å²) in [5.41, 5.74) is 4.08. The lowest BCUT2D eigenvalue weighted by Crippen LogP contribution is -2.37. The Labute approximate surface area is 184 Å². The van der Waals surface area contributed by atoms with Crippen LogP contribution >= 0.6 is 0 Å². The predicted octanol–water partition coefficient (Wildman–Crippen LogP) is 5.07. The Balaban J connectivity index is 1.45. The molecule has 32 heavy (non-hydrogen) atoms. The summed E-state index contributed by atoms with van der Waals surface area (Å²) in [6.07, 6.45) is 4.66. The molecule has 162 valence electrons. The SMILES string of the molecule is C#Cc1cc(CNC(=O)OCC2c3ccccc3-c3ccccc32)cc([B-](F)(F)F)c1C. The van der Waals surface area contributed by atoms with Crippen LogP contribution in [0.3, 0.4) is 0 Å². The summed E-state index contributed by atoms with van der Waals surface area (Å²) in [7, 11) is 0. The van der Waals surface area contributed by atoms with Crippen LogP contribution in [0.5, 0.6) is 0 Å². The highest BCUT2D eigenvalue weighted by molar-refractivity contribution is 6.74. The molecule has 4 rings (SSSR count). The molecule has 1 aliphatic rings. The van der Waals surface area contributed by atoms with Gasteiger partial charge in [0.1, 0.15) is 6.61 Å². The Morgan fingerprint density at radius 2 is 1.66 bits per heavy atom. The third kappa shape index (κ3) is 4.09. The van der Waals surface area contributed by atoms with Crippen molar-refractivity contribution in [3.8, 4) is 23.5 Å². The van der Waals surface area contributed by atoms with Gasteiger partial charge in [0.05, 0.1) is 0 Å². The summed E-state index contributed by atoms with van der Waals surface area (Å²) in [6, 6.07) is 18.4. The fourth-order valence-corrected chi connectivity index (χ4v) is 4.21. The minimum absolute atomic E-state index is 0.0184. The number of ether oxygens (including phenoxy) is 1. The summed E-state index contributed by atoms with van der Waals surface area (Å²) in [6.45, 7) is -3.86. The van der Waals surface area contributed by atoms with E-state index in [9.17, 15) is 17.7 Å². The van der Waals surface area contributed by atoms with Gasteiger partial charge in [0.25, 0.3) is 0 Å². The minimum atomic E-state index is -5.22. The Morgan fingerprint density at radius 3 is 2.22 bits per heavy atom. The molecule has 3 aromatic carbocycles. The summed E-state index contributed by atoms with van der Waals surface area (Å²) in [5, 5.41) is 2.53. The van der Waals surface area contributed by atoms with Crippen molar-refractivity contribution in [2.24, 2.45) is 0 Å². The van der Waals surface area contributed by atoms with Gasteiger partial charge < -0.3 is 23.0 Å². The van der Waals surface area contributed by atoms with E-state index in [2.05, 4.69) is 11.2 Å². The Morgan fingerprint density at radius 1 is 1.06 bits per heavy atom. The van der Waals surface area contributed by atoms with Gasteiger partial charge >= 0.3 is 13.1 Å². The van der Waals surface area contributed by atoms with E-state index in [1.54, 1.807) is 0 Å². The van der Waals surface area contributed by atoms with Crippen LogP contribution < -0.4 is 10.8 Å². The van der Waals surface area contributed by atoms with Crippen molar-refractivity contribution in [3.63, 3.8) is 0 Å². The molecule has 0 saturated carbocycles. The maximum absolute atomic E-state index is 13.4. The zero-order valence-corrected chi connectivity index (χ0v) is 17.4. The van der Waals surface area contributed by atoms with Crippen LogP contribution in [0.25, 0.3) is 11.1 Å². The lowest BCUT2D eigenvalue weighted by molar-refractivity contribution is 0.142. The topological polar surface area (TPSA) is 38.3 Å². The molecule has 0 radical (unpaired) electrons. The molecule has 0 fully saturated rings. The largest absolute Gasteiger partial charge is 0.509 e. The average molecular weight is 434 g/mol. The van der Waals surface area contributed by atoms with Gasteiger partial charge in [0.15, 0.2) is 0 Å². The number of fused-ring (bicyclic) bond motifs is 3. The average Bonchev–Trinajstić information content (AvgIpc) is 3.10. The number of carbonyl (C=O) groups is 1. The monoisotopic (exact) mass is 434 g/mol. The van der Waals surface area contributed by atoms with E-state index in [1.807, 2.05) is 48.5 Å². The van der Waals surface area contributed by atoms with E-state index < -0.39 is 18.5 Å². The fourth-order valence-electron chi connectivity index (χ4n) is 4.21. The summed E-state index contributed by atoms with van der Waals surface area (Å²) in [4.78, 5) is 12.3. The molecule has 0 atom stereocenters. The normalized spacial score (nSPS) is 12.6. The number of alkyl carbamates (subject to hydrolysis) is 1. The van der Waals surface area contributed by atoms with Crippen molar-refractivity contribution in [3.05, 3.63) is 88.5 Å². The Kier molecular flexibility index (Phi) is 5.71. The predicted molar refractivity (Wildman–Crippen MR) is 120 cm³/mol. The van der Waals surface area contributed by atoms with Crippen molar-refractivity contribution in [2.75, 3.05) is 6.61 Å². The second kappa shape index (κ2) is 8.47. The number of nitrogens with one attached hydrogen (secondary N) is 1. The molecule has 1 aliphatic carbocycles. The van der Waals surface area contributed by atoms with Crippen LogP contribution in [-0.2, 0) is 11.3 Å².